The van der Waals surface area contributed by atoms with E-state index in [9.17, 15) is 0 Å². The smallest absolute Gasteiger partial charge is 0.169 e. The highest BCUT2D eigenvalue weighted by molar-refractivity contribution is 5.60. The van der Waals surface area contributed by atoms with E-state index in [1.807, 2.05) is 23.2 Å². The second-order valence-corrected chi connectivity index (χ2v) is 5.12. The van der Waals surface area contributed by atoms with E-state index < -0.39 is 0 Å². The fraction of sp³-hybridized carbons (Fsp3) is 0.444. The zero-order valence-corrected chi connectivity index (χ0v) is 14.1. The van der Waals surface area contributed by atoms with Crippen molar-refractivity contribution in [2.45, 2.75) is 20.8 Å². The first-order valence-electron chi connectivity index (χ1n) is 7.74. The third-order valence-corrected chi connectivity index (χ3v) is 3.63. The van der Waals surface area contributed by atoms with Crippen molar-refractivity contribution in [1.82, 2.24) is 4.90 Å². The molecule has 0 saturated heterocycles. The molecule has 0 aliphatic rings. The van der Waals surface area contributed by atoms with Gasteiger partial charge in [0.1, 0.15) is 14.1 Å². The van der Waals surface area contributed by atoms with E-state index in [1.54, 1.807) is 0 Å². The lowest BCUT2D eigenvalue weighted by Gasteiger charge is -2.13. The zero-order valence-electron chi connectivity index (χ0n) is 14.1. The average molecular weight is 287 g/mol. The summed E-state index contributed by atoms with van der Waals surface area (Å²) in [6.07, 6.45) is 8.23. The van der Waals surface area contributed by atoms with Crippen molar-refractivity contribution in [3.63, 3.8) is 0 Å². The summed E-state index contributed by atoms with van der Waals surface area (Å²) in [4.78, 5) is 2.38. The number of nitrogens with zero attached hydrogens (tertiary/aromatic N) is 3. The quantitative estimate of drug-likeness (QED) is 0.786. The Bertz CT molecular complexity index is 450. The Morgan fingerprint density at radius 3 is 1.14 bits per heavy atom. The van der Waals surface area contributed by atoms with E-state index >= 15 is 0 Å². The van der Waals surface area contributed by atoms with Crippen LogP contribution in [-0.2, 0) is 14.1 Å². The first-order valence-corrected chi connectivity index (χ1v) is 7.74. The maximum absolute atomic E-state index is 2.38. The molecule has 114 valence electrons. The second-order valence-electron chi connectivity index (χ2n) is 5.12. The summed E-state index contributed by atoms with van der Waals surface area (Å²) < 4.78 is 4.07. The van der Waals surface area contributed by atoms with E-state index in [1.165, 1.54) is 30.8 Å². The Hall–Kier alpha value is -1.74. The highest BCUT2D eigenvalue weighted by atomic mass is 15.1. The summed E-state index contributed by atoms with van der Waals surface area (Å²) in [5.41, 5.74) is 2.51. The number of hydrogen-bond acceptors (Lipinski definition) is 1. The molecule has 0 aliphatic carbocycles. The van der Waals surface area contributed by atoms with Gasteiger partial charge in [0, 0.05) is 24.3 Å². The lowest BCUT2D eigenvalue weighted by molar-refractivity contribution is -0.671. The average Bonchev–Trinajstić information content (AvgIpc) is 2.51. The normalized spacial score (nSPS) is 10.2. The Labute approximate surface area is 129 Å². The van der Waals surface area contributed by atoms with E-state index in [0.29, 0.717) is 0 Å². The molecule has 0 fully saturated rings. The van der Waals surface area contributed by atoms with Crippen LogP contribution >= 0.6 is 0 Å². The monoisotopic (exact) mass is 287 g/mol. The number of pyridine rings is 2. The Morgan fingerprint density at radius 1 is 0.667 bits per heavy atom. The van der Waals surface area contributed by atoms with E-state index in [-0.39, 0.29) is 0 Å². The molecule has 2 aromatic heterocycles. The molecule has 0 radical (unpaired) electrons. The van der Waals surface area contributed by atoms with Gasteiger partial charge in [0.2, 0.25) is 0 Å². The summed E-state index contributed by atoms with van der Waals surface area (Å²) in [6, 6.07) is 8.48. The first kappa shape index (κ1) is 17.3. The van der Waals surface area contributed by atoms with Crippen LogP contribution in [0.3, 0.4) is 0 Å². The van der Waals surface area contributed by atoms with Crippen LogP contribution in [0.2, 0.25) is 0 Å². The Kier molecular flexibility index (Phi) is 7.62. The summed E-state index contributed by atoms with van der Waals surface area (Å²) in [5.74, 6) is 0. The van der Waals surface area contributed by atoms with Gasteiger partial charge in [0.15, 0.2) is 24.8 Å². The van der Waals surface area contributed by atoms with Crippen molar-refractivity contribution >= 4 is 0 Å². The van der Waals surface area contributed by atoms with Crippen LogP contribution < -0.4 is 9.13 Å². The van der Waals surface area contributed by atoms with E-state index in [4.69, 9.17) is 0 Å². The molecule has 0 N–H and O–H groups in total. The SMILES string of the molecule is CCN(CC)CC.C[n+]1ccc(-c2cc[n+](C)cc2)cc1. The van der Waals surface area contributed by atoms with Gasteiger partial charge >= 0.3 is 0 Å². The van der Waals surface area contributed by atoms with Crippen LogP contribution in [0.15, 0.2) is 49.1 Å². The third-order valence-electron chi connectivity index (χ3n) is 3.63. The minimum atomic E-state index is 1.19. The predicted octanol–water partition coefficient (Wildman–Crippen LogP) is 2.35. The van der Waals surface area contributed by atoms with Crippen molar-refractivity contribution in [2.75, 3.05) is 19.6 Å². The molecule has 0 unspecified atom stereocenters. The van der Waals surface area contributed by atoms with Crippen molar-refractivity contribution < 1.29 is 9.13 Å². The predicted molar refractivity (Wildman–Crippen MR) is 87.7 cm³/mol. The summed E-state index contributed by atoms with van der Waals surface area (Å²) in [5, 5.41) is 0. The number of rotatable bonds is 4. The lowest BCUT2D eigenvalue weighted by atomic mass is 10.1. The molecule has 2 aromatic rings. The number of hydrogen-bond donors (Lipinski definition) is 0. The van der Waals surface area contributed by atoms with Crippen molar-refractivity contribution in [3.05, 3.63) is 49.1 Å². The molecule has 0 atom stereocenters. The largest absolute Gasteiger partial charge is 0.304 e. The van der Waals surface area contributed by atoms with Crippen LogP contribution in [0.25, 0.3) is 11.1 Å². The molecule has 0 saturated carbocycles. The standard InChI is InChI=1S/C12H14N2.C6H15N/c1-13-7-3-11(4-8-13)12-5-9-14(2)10-6-12;1-4-7(5-2)6-3/h3-10H,1-2H3;4-6H2,1-3H3/q+2;. The molecule has 0 aliphatic heterocycles. The lowest BCUT2D eigenvalue weighted by Crippen LogP contribution is -2.26. The maximum atomic E-state index is 2.38. The van der Waals surface area contributed by atoms with Gasteiger partial charge in [0.25, 0.3) is 0 Å². The van der Waals surface area contributed by atoms with Gasteiger partial charge in [-0.25, -0.2) is 9.13 Å². The van der Waals surface area contributed by atoms with E-state index in [2.05, 4.69) is 74.7 Å². The number of aromatic nitrogens is 2. The summed E-state index contributed by atoms with van der Waals surface area (Å²) in [6.45, 7) is 10.1. The molecule has 0 bridgehead atoms. The van der Waals surface area contributed by atoms with Crippen molar-refractivity contribution in [2.24, 2.45) is 14.1 Å². The van der Waals surface area contributed by atoms with E-state index in [0.717, 1.165) is 0 Å². The number of aryl methyl sites for hydroxylation is 2. The molecule has 0 aromatic carbocycles. The van der Waals surface area contributed by atoms with Crippen LogP contribution in [-0.4, -0.2) is 24.5 Å². The summed E-state index contributed by atoms with van der Waals surface area (Å²) in [7, 11) is 4.05. The highest BCUT2D eigenvalue weighted by Gasteiger charge is 2.00. The van der Waals surface area contributed by atoms with Gasteiger partial charge in [-0.3, -0.25) is 0 Å². The fourth-order valence-electron chi connectivity index (χ4n) is 2.06. The maximum Gasteiger partial charge on any atom is 0.169 e. The fourth-order valence-corrected chi connectivity index (χ4v) is 2.06. The highest BCUT2D eigenvalue weighted by Crippen LogP contribution is 2.14. The molecule has 0 amide bonds. The molecule has 2 rings (SSSR count). The van der Waals surface area contributed by atoms with Crippen LogP contribution in [0, 0.1) is 0 Å². The zero-order chi connectivity index (χ0) is 15.7. The van der Waals surface area contributed by atoms with Gasteiger partial charge in [-0.15, -0.1) is 0 Å². The van der Waals surface area contributed by atoms with Crippen LogP contribution in [0.5, 0.6) is 0 Å². The molecular weight excluding hydrogens is 258 g/mol. The molecule has 3 heteroatoms. The van der Waals surface area contributed by atoms with Gasteiger partial charge in [-0.05, 0) is 30.8 Å². The minimum absolute atomic E-state index is 1.19. The Balaban J connectivity index is 0.000000270. The van der Waals surface area contributed by atoms with Gasteiger partial charge in [-0.2, -0.15) is 0 Å². The van der Waals surface area contributed by atoms with Gasteiger partial charge in [0.05, 0.1) is 0 Å². The van der Waals surface area contributed by atoms with Crippen molar-refractivity contribution in [1.29, 1.82) is 0 Å². The minimum Gasteiger partial charge on any atom is -0.304 e. The van der Waals surface area contributed by atoms with Gasteiger partial charge in [-0.1, -0.05) is 20.8 Å². The Morgan fingerprint density at radius 2 is 0.952 bits per heavy atom. The second kappa shape index (κ2) is 9.24. The molecular formula is C18H29N3+2. The third kappa shape index (κ3) is 6.05. The molecule has 21 heavy (non-hydrogen) atoms. The summed E-state index contributed by atoms with van der Waals surface area (Å²) >= 11 is 0. The van der Waals surface area contributed by atoms with Crippen LogP contribution in [0.1, 0.15) is 20.8 Å². The van der Waals surface area contributed by atoms with Crippen molar-refractivity contribution in [3.8, 4) is 11.1 Å². The molecule has 3 nitrogen and oxygen atoms in total. The van der Waals surface area contributed by atoms with Crippen LogP contribution in [0.4, 0.5) is 0 Å². The molecule has 2 heterocycles. The van der Waals surface area contributed by atoms with Gasteiger partial charge < -0.3 is 4.90 Å². The first-order chi connectivity index (χ1) is 10.1. The topological polar surface area (TPSA) is 11.0 Å². The molecule has 0 spiro atoms.